The number of hydrogen-bond acceptors (Lipinski definition) is 4. The van der Waals surface area contributed by atoms with E-state index < -0.39 is 0 Å². The van der Waals surface area contributed by atoms with Gasteiger partial charge in [0.15, 0.2) is 0 Å². The minimum Gasteiger partial charge on any atom is -0.467 e. The maximum absolute atomic E-state index is 11.7. The average molecular weight is 217 g/mol. The summed E-state index contributed by atoms with van der Waals surface area (Å²) in [5.41, 5.74) is 5.94. The summed E-state index contributed by atoms with van der Waals surface area (Å²) in [4.78, 5) is 15.5. The second kappa shape index (κ2) is 4.48. The molecule has 0 saturated heterocycles. The average Bonchev–Trinajstić information content (AvgIpc) is 2.79. The topological polar surface area (TPSA) is 81.1 Å². The minimum atomic E-state index is -0.262. The van der Waals surface area contributed by atoms with Gasteiger partial charge in [-0.05, 0) is 24.3 Å². The van der Waals surface area contributed by atoms with Crippen molar-refractivity contribution >= 4 is 11.7 Å². The van der Waals surface area contributed by atoms with Crippen molar-refractivity contribution in [1.82, 2.24) is 10.3 Å². The van der Waals surface area contributed by atoms with Crippen LogP contribution in [0.5, 0.6) is 0 Å². The van der Waals surface area contributed by atoms with Gasteiger partial charge < -0.3 is 15.5 Å². The fourth-order valence-electron chi connectivity index (χ4n) is 1.29. The third-order valence-electron chi connectivity index (χ3n) is 2.09. The zero-order valence-corrected chi connectivity index (χ0v) is 8.51. The minimum absolute atomic E-state index is 0.222. The number of amides is 1. The SMILES string of the molecule is Nc1ncccc1C(=O)NCc1ccco1. The predicted molar refractivity (Wildman–Crippen MR) is 58.5 cm³/mol. The Kier molecular flexibility index (Phi) is 2.86. The van der Waals surface area contributed by atoms with Gasteiger partial charge >= 0.3 is 0 Å². The van der Waals surface area contributed by atoms with Crippen LogP contribution in [0.25, 0.3) is 0 Å². The maximum atomic E-state index is 11.7. The van der Waals surface area contributed by atoms with Gasteiger partial charge in [0.25, 0.3) is 5.91 Å². The second-order valence-electron chi connectivity index (χ2n) is 3.20. The standard InChI is InChI=1S/C11H11N3O2/c12-10-9(4-1-5-13-10)11(15)14-7-8-3-2-6-16-8/h1-6H,7H2,(H2,12,13)(H,14,15). The molecule has 0 aliphatic carbocycles. The molecule has 0 aliphatic heterocycles. The lowest BCUT2D eigenvalue weighted by atomic mass is 10.2. The van der Waals surface area contributed by atoms with Gasteiger partial charge in [0.1, 0.15) is 11.6 Å². The van der Waals surface area contributed by atoms with E-state index in [0.29, 0.717) is 17.9 Å². The molecule has 2 rings (SSSR count). The van der Waals surface area contributed by atoms with Crippen LogP contribution in [0.1, 0.15) is 16.1 Å². The highest BCUT2D eigenvalue weighted by Gasteiger charge is 2.09. The predicted octanol–water partition coefficient (Wildman–Crippen LogP) is 1.19. The number of carbonyl (C=O) groups is 1. The normalized spacial score (nSPS) is 10.0. The van der Waals surface area contributed by atoms with Gasteiger partial charge in [-0.3, -0.25) is 4.79 Å². The van der Waals surface area contributed by atoms with Crippen LogP contribution in [0.3, 0.4) is 0 Å². The van der Waals surface area contributed by atoms with E-state index in [-0.39, 0.29) is 11.7 Å². The Morgan fingerprint density at radius 1 is 1.44 bits per heavy atom. The molecule has 2 heterocycles. The Morgan fingerprint density at radius 3 is 3.00 bits per heavy atom. The molecule has 0 unspecified atom stereocenters. The summed E-state index contributed by atoms with van der Waals surface area (Å²) in [5, 5.41) is 2.69. The summed E-state index contributed by atoms with van der Waals surface area (Å²) in [5.74, 6) is 0.650. The van der Waals surface area contributed by atoms with E-state index in [0.717, 1.165) is 0 Å². The molecule has 1 amide bonds. The van der Waals surface area contributed by atoms with Gasteiger partial charge in [-0.15, -0.1) is 0 Å². The van der Waals surface area contributed by atoms with E-state index in [1.807, 2.05) is 0 Å². The number of aromatic nitrogens is 1. The zero-order chi connectivity index (χ0) is 11.4. The van der Waals surface area contributed by atoms with E-state index in [1.165, 1.54) is 0 Å². The second-order valence-corrected chi connectivity index (χ2v) is 3.20. The molecule has 0 aliphatic rings. The number of nitrogens with one attached hydrogen (secondary N) is 1. The molecule has 2 aromatic rings. The Morgan fingerprint density at radius 2 is 2.31 bits per heavy atom. The van der Waals surface area contributed by atoms with E-state index in [1.54, 1.807) is 36.7 Å². The lowest BCUT2D eigenvalue weighted by Crippen LogP contribution is -2.23. The largest absolute Gasteiger partial charge is 0.467 e. The first-order valence-corrected chi connectivity index (χ1v) is 4.78. The summed E-state index contributed by atoms with van der Waals surface area (Å²) in [6.07, 6.45) is 3.10. The Balaban J connectivity index is 2.01. The van der Waals surface area contributed by atoms with Crippen LogP contribution < -0.4 is 11.1 Å². The van der Waals surface area contributed by atoms with Crippen LogP contribution in [-0.2, 0) is 6.54 Å². The molecule has 5 heteroatoms. The molecule has 0 spiro atoms. The number of rotatable bonds is 3. The third kappa shape index (κ3) is 2.20. The molecule has 0 aromatic carbocycles. The summed E-state index contributed by atoms with van der Waals surface area (Å²) < 4.78 is 5.09. The van der Waals surface area contributed by atoms with Crippen LogP contribution in [0, 0.1) is 0 Å². The zero-order valence-electron chi connectivity index (χ0n) is 8.51. The quantitative estimate of drug-likeness (QED) is 0.809. The number of nitrogens with zero attached hydrogens (tertiary/aromatic N) is 1. The lowest BCUT2D eigenvalue weighted by molar-refractivity contribution is 0.0948. The smallest absolute Gasteiger partial charge is 0.255 e. The van der Waals surface area contributed by atoms with Crippen LogP contribution in [0.4, 0.5) is 5.82 Å². The van der Waals surface area contributed by atoms with Gasteiger partial charge in [0.05, 0.1) is 18.4 Å². The Labute approximate surface area is 92.3 Å². The monoisotopic (exact) mass is 217 g/mol. The van der Waals surface area contributed by atoms with Crippen molar-refractivity contribution in [2.75, 3.05) is 5.73 Å². The first-order valence-electron chi connectivity index (χ1n) is 4.78. The number of nitrogens with two attached hydrogens (primary N) is 1. The van der Waals surface area contributed by atoms with E-state index in [4.69, 9.17) is 10.2 Å². The van der Waals surface area contributed by atoms with E-state index >= 15 is 0 Å². The van der Waals surface area contributed by atoms with E-state index in [9.17, 15) is 4.79 Å². The van der Waals surface area contributed by atoms with Crippen LogP contribution in [-0.4, -0.2) is 10.9 Å². The number of pyridine rings is 1. The molecule has 0 fully saturated rings. The van der Waals surface area contributed by atoms with Crippen molar-refractivity contribution in [2.45, 2.75) is 6.54 Å². The number of anilines is 1. The van der Waals surface area contributed by atoms with Crippen LogP contribution in [0.15, 0.2) is 41.1 Å². The number of furan rings is 1. The Bertz CT molecular complexity index is 480. The van der Waals surface area contributed by atoms with Crippen molar-refractivity contribution in [3.05, 3.63) is 48.0 Å². The molecule has 5 nitrogen and oxygen atoms in total. The van der Waals surface area contributed by atoms with Crippen molar-refractivity contribution in [2.24, 2.45) is 0 Å². The first-order chi connectivity index (χ1) is 7.77. The van der Waals surface area contributed by atoms with Gasteiger partial charge in [-0.25, -0.2) is 4.98 Å². The molecular weight excluding hydrogens is 206 g/mol. The molecule has 16 heavy (non-hydrogen) atoms. The molecule has 0 saturated carbocycles. The fraction of sp³-hybridized carbons (Fsp3) is 0.0909. The van der Waals surface area contributed by atoms with Crippen molar-refractivity contribution in [3.63, 3.8) is 0 Å². The summed E-state index contributed by atoms with van der Waals surface area (Å²) >= 11 is 0. The number of hydrogen-bond donors (Lipinski definition) is 2. The summed E-state index contributed by atoms with van der Waals surface area (Å²) in [6.45, 7) is 0.333. The highest BCUT2D eigenvalue weighted by molar-refractivity contribution is 5.98. The van der Waals surface area contributed by atoms with Gasteiger partial charge in [-0.1, -0.05) is 0 Å². The van der Waals surface area contributed by atoms with Gasteiger partial charge in [-0.2, -0.15) is 0 Å². The molecule has 0 bridgehead atoms. The van der Waals surface area contributed by atoms with Crippen molar-refractivity contribution in [1.29, 1.82) is 0 Å². The van der Waals surface area contributed by atoms with Gasteiger partial charge in [0.2, 0.25) is 0 Å². The fourth-order valence-corrected chi connectivity index (χ4v) is 1.29. The maximum Gasteiger partial charge on any atom is 0.255 e. The molecule has 3 N–H and O–H groups in total. The highest BCUT2D eigenvalue weighted by atomic mass is 16.3. The number of carbonyl (C=O) groups excluding carboxylic acids is 1. The molecule has 0 atom stereocenters. The molecule has 2 aromatic heterocycles. The van der Waals surface area contributed by atoms with Crippen LogP contribution in [0.2, 0.25) is 0 Å². The third-order valence-corrected chi connectivity index (χ3v) is 2.09. The van der Waals surface area contributed by atoms with E-state index in [2.05, 4.69) is 10.3 Å². The number of nitrogen functional groups attached to an aromatic ring is 1. The van der Waals surface area contributed by atoms with Crippen molar-refractivity contribution in [3.8, 4) is 0 Å². The Hall–Kier alpha value is -2.30. The molecular formula is C11H11N3O2. The highest BCUT2D eigenvalue weighted by Crippen LogP contribution is 2.07. The van der Waals surface area contributed by atoms with Gasteiger partial charge in [0, 0.05) is 6.20 Å². The van der Waals surface area contributed by atoms with Crippen molar-refractivity contribution < 1.29 is 9.21 Å². The molecule has 0 radical (unpaired) electrons. The first kappa shape index (κ1) is 10.2. The molecule has 82 valence electrons. The summed E-state index contributed by atoms with van der Waals surface area (Å²) in [6, 6.07) is 6.84. The summed E-state index contributed by atoms with van der Waals surface area (Å²) in [7, 11) is 0. The van der Waals surface area contributed by atoms with Crippen LogP contribution >= 0.6 is 0 Å². The lowest BCUT2D eigenvalue weighted by Gasteiger charge is -2.04.